The first kappa shape index (κ1) is 22.7. The van der Waals surface area contributed by atoms with Gasteiger partial charge in [0.05, 0.1) is 19.1 Å². The number of rotatable bonds is 11. The second kappa shape index (κ2) is 10.8. The highest BCUT2D eigenvalue weighted by Gasteiger charge is 2.26. The van der Waals surface area contributed by atoms with Crippen molar-refractivity contribution in [2.24, 2.45) is 0 Å². The van der Waals surface area contributed by atoms with Crippen molar-refractivity contribution in [3.63, 3.8) is 0 Å². The maximum atomic E-state index is 12.9. The molecule has 158 valence electrons. The highest BCUT2D eigenvalue weighted by molar-refractivity contribution is 7.89. The van der Waals surface area contributed by atoms with E-state index in [1.54, 1.807) is 0 Å². The van der Waals surface area contributed by atoms with E-state index in [0.717, 1.165) is 5.56 Å². The van der Waals surface area contributed by atoms with Gasteiger partial charge in [0.25, 0.3) is 0 Å². The molecule has 0 aromatic heterocycles. The molecule has 2 aromatic rings. The first-order chi connectivity index (χ1) is 13.9. The predicted octanol–water partition coefficient (Wildman–Crippen LogP) is 1.09. The Morgan fingerprint density at radius 2 is 1.76 bits per heavy atom. The van der Waals surface area contributed by atoms with Crippen LogP contribution in [-0.2, 0) is 21.2 Å². The van der Waals surface area contributed by atoms with Crippen LogP contribution in [0.2, 0.25) is 0 Å². The van der Waals surface area contributed by atoms with E-state index in [4.69, 9.17) is 14.6 Å². The summed E-state index contributed by atoms with van der Waals surface area (Å²) in [6.07, 6.45) is 0.560. The van der Waals surface area contributed by atoms with Crippen LogP contribution in [0, 0.1) is 0 Å². The number of aliphatic hydroxyl groups excluding tert-OH is 1. The zero-order chi connectivity index (χ0) is 21.3. The summed E-state index contributed by atoms with van der Waals surface area (Å²) in [4.78, 5) is 12.5. The molecule has 2 rings (SSSR count). The van der Waals surface area contributed by atoms with E-state index < -0.39 is 22.0 Å². The van der Waals surface area contributed by atoms with E-state index in [1.807, 2.05) is 30.3 Å². The van der Waals surface area contributed by atoms with Crippen LogP contribution in [0.25, 0.3) is 0 Å². The standard InChI is InChI=1S/C20H26N2O6S/c1-27-18-10-9-16(14-19(18)28-2)29(25,26)22-17(20(24)21-11-6-12-23)13-15-7-4-3-5-8-15/h3-5,7-10,14,17,22-23H,6,11-13H2,1-2H3,(H,21,24). The first-order valence-electron chi connectivity index (χ1n) is 9.08. The summed E-state index contributed by atoms with van der Waals surface area (Å²) in [5, 5.41) is 11.5. The molecule has 1 unspecified atom stereocenters. The smallest absolute Gasteiger partial charge is 0.241 e. The Kier molecular flexibility index (Phi) is 8.44. The van der Waals surface area contributed by atoms with Gasteiger partial charge in [-0.2, -0.15) is 4.72 Å². The topological polar surface area (TPSA) is 114 Å². The molecule has 0 heterocycles. The minimum atomic E-state index is -4.01. The SMILES string of the molecule is COc1ccc(S(=O)(=O)NC(Cc2ccccc2)C(=O)NCCCO)cc1OC. The summed E-state index contributed by atoms with van der Waals surface area (Å²) >= 11 is 0. The van der Waals surface area contributed by atoms with Crippen molar-refractivity contribution in [3.8, 4) is 11.5 Å². The highest BCUT2D eigenvalue weighted by Crippen LogP contribution is 2.29. The molecular formula is C20H26N2O6S. The third-order valence-corrected chi connectivity index (χ3v) is 5.67. The van der Waals surface area contributed by atoms with Gasteiger partial charge in [0, 0.05) is 19.2 Å². The molecule has 9 heteroatoms. The van der Waals surface area contributed by atoms with Gasteiger partial charge in [0.1, 0.15) is 6.04 Å². The van der Waals surface area contributed by atoms with Gasteiger partial charge >= 0.3 is 0 Å². The fraction of sp³-hybridized carbons (Fsp3) is 0.350. The fourth-order valence-corrected chi connectivity index (χ4v) is 3.90. The van der Waals surface area contributed by atoms with Crippen molar-refractivity contribution in [2.75, 3.05) is 27.4 Å². The van der Waals surface area contributed by atoms with Crippen molar-refractivity contribution in [2.45, 2.75) is 23.8 Å². The number of ether oxygens (including phenoxy) is 2. The van der Waals surface area contributed by atoms with Gasteiger partial charge in [0.2, 0.25) is 15.9 Å². The minimum absolute atomic E-state index is 0.0450. The van der Waals surface area contributed by atoms with Gasteiger partial charge in [-0.1, -0.05) is 30.3 Å². The maximum absolute atomic E-state index is 12.9. The number of aliphatic hydroxyl groups is 1. The molecule has 0 aliphatic heterocycles. The number of hydrogen-bond acceptors (Lipinski definition) is 6. The number of sulfonamides is 1. The molecular weight excluding hydrogens is 396 g/mol. The van der Waals surface area contributed by atoms with E-state index >= 15 is 0 Å². The molecule has 0 bridgehead atoms. The van der Waals surface area contributed by atoms with Gasteiger partial charge < -0.3 is 19.9 Å². The summed E-state index contributed by atoms with van der Waals surface area (Å²) in [7, 11) is -1.14. The Bertz CT molecular complexity index is 902. The number of amides is 1. The molecule has 3 N–H and O–H groups in total. The Morgan fingerprint density at radius 1 is 1.07 bits per heavy atom. The zero-order valence-electron chi connectivity index (χ0n) is 16.4. The zero-order valence-corrected chi connectivity index (χ0v) is 17.2. The summed E-state index contributed by atoms with van der Waals surface area (Å²) < 4.78 is 38.6. The lowest BCUT2D eigenvalue weighted by Gasteiger charge is -2.19. The van der Waals surface area contributed by atoms with Crippen molar-refractivity contribution < 1.29 is 27.8 Å². The largest absolute Gasteiger partial charge is 0.493 e. The van der Waals surface area contributed by atoms with E-state index in [9.17, 15) is 13.2 Å². The molecule has 0 aliphatic rings. The summed E-state index contributed by atoms with van der Waals surface area (Å²) in [6.45, 7) is 0.180. The van der Waals surface area contributed by atoms with E-state index in [1.165, 1.54) is 32.4 Å². The summed E-state index contributed by atoms with van der Waals surface area (Å²) in [6, 6.07) is 12.3. The lowest BCUT2D eigenvalue weighted by Crippen LogP contribution is -2.48. The lowest BCUT2D eigenvalue weighted by molar-refractivity contribution is -0.122. The Labute approximate surface area is 170 Å². The number of methoxy groups -OCH3 is 2. The molecule has 0 aliphatic carbocycles. The molecule has 0 saturated carbocycles. The fourth-order valence-electron chi connectivity index (χ4n) is 2.69. The molecule has 2 aromatic carbocycles. The molecule has 0 saturated heterocycles. The van der Waals surface area contributed by atoms with Crippen LogP contribution >= 0.6 is 0 Å². The quantitative estimate of drug-likeness (QED) is 0.467. The van der Waals surface area contributed by atoms with E-state index in [-0.39, 0.29) is 30.2 Å². The molecule has 1 amide bonds. The lowest BCUT2D eigenvalue weighted by atomic mass is 10.1. The highest BCUT2D eigenvalue weighted by atomic mass is 32.2. The van der Waals surface area contributed by atoms with Crippen LogP contribution in [0.3, 0.4) is 0 Å². The number of carbonyl (C=O) groups excluding carboxylic acids is 1. The van der Waals surface area contributed by atoms with E-state index in [2.05, 4.69) is 10.0 Å². The van der Waals surface area contributed by atoms with Gasteiger partial charge in [-0.3, -0.25) is 4.79 Å². The van der Waals surface area contributed by atoms with Crippen LogP contribution in [0.1, 0.15) is 12.0 Å². The third-order valence-electron chi connectivity index (χ3n) is 4.20. The maximum Gasteiger partial charge on any atom is 0.241 e. The van der Waals surface area contributed by atoms with Gasteiger partial charge in [-0.05, 0) is 30.5 Å². The third kappa shape index (κ3) is 6.45. The van der Waals surface area contributed by atoms with E-state index in [0.29, 0.717) is 12.2 Å². The average molecular weight is 423 g/mol. The molecule has 0 spiro atoms. The van der Waals surface area contributed by atoms with Crippen molar-refractivity contribution >= 4 is 15.9 Å². The Balaban J connectivity index is 2.26. The number of nitrogens with one attached hydrogen (secondary N) is 2. The number of benzene rings is 2. The summed E-state index contributed by atoms with van der Waals surface area (Å²) in [5.41, 5.74) is 0.810. The predicted molar refractivity (Wildman–Crippen MR) is 109 cm³/mol. The molecule has 0 radical (unpaired) electrons. The average Bonchev–Trinajstić information content (AvgIpc) is 2.73. The molecule has 0 fully saturated rings. The van der Waals surface area contributed by atoms with Crippen LogP contribution < -0.4 is 19.5 Å². The van der Waals surface area contributed by atoms with Crippen molar-refractivity contribution in [1.29, 1.82) is 0 Å². The van der Waals surface area contributed by atoms with Gasteiger partial charge in [0.15, 0.2) is 11.5 Å². The van der Waals surface area contributed by atoms with Crippen LogP contribution in [0.5, 0.6) is 11.5 Å². The monoisotopic (exact) mass is 422 g/mol. The van der Waals surface area contributed by atoms with Crippen molar-refractivity contribution in [3.05, 3.63) is 54.1 Å². The van der Waals surface area contributed by atoms with Crippen LogP contribution in [0.4, 0.5) is 0 Å². The number of hydrogen-bond donors (Lipinski definition) is 3. The van der Waals surface area contributed by atoms with Gasteiger partial charge in [-0.15, -0.1) is 0 Å². The first-order valence-corrected chi connectivity index (χ1v) is 10.6. The minimum Gasteiger partial charge on any atom is -0.493 e. The van der Waals surface area contributed by atoms with Crippen LogP contribution in [0.15, 0.2) is 53.4 Å². The van der Waals surface area contributed by atoms with Crippen molar-refractivity contribution in [1.82, 2.24) is 10.0 Å². The van der Waals surface area contributed by atoms with Crippen LogP contribution in [-0.4, -0.2) is 52.8 Å². The Hall–Kier alpha value is -2.62. The molecule has 8 nitrogen and oxygen atoms in total. The van der Waals surface area contributed by atoms with Gasteiger partial charge in [-0.25, -0.2) is 8.42 Å². The number of carbonyl (C=O) groups is 1. The molecule has 29 heavy (non-hydrogen) atoms. The second-order valence-electron chi connectivity index (χ2n) is 6.25. The Morgan fingerprint density at radius 3 is 2.38 bits per heavy atom. The normalized spacial score (nSPS) is 12.2. The summed E-state index contributed by atoms with van der Waals surface area (Å²) in [5.74, 6) is 0.197. The second-order valence-corrected chi connectivity index (χ2v) is 7.96. The molecule has 1 atom stereocenters.